The first kappa shape index (κ1) is 32.3. The summed E-state index contributed by atoms with van der Waals surface area (Å²) >= 11 is 0. The van der Waals surface area contributed by atoms with Gasteiger partial charge in [-0.05, 0) is 67.5 Å². The lowest BCUT2D eigenvalue weighted by atomic mass is 10.1. The van der Waals surface area contributed by atoms with Crippen LogP contribution < -0.4 is 0 Å². The fourth-order valence-electron chi connectivity index (χ4n) is 1.52. The second-order valence-corrected chi connectivity index (χ2v) is 6.73. The molecule has 0 atom stereocenters. The highest BCUT2D eigenvalue weighted by atomic mass is 16.2. The third-order valence-corrected chi connectivity index (χ3v) is 2.75. The van der Waals surface area contributed by atoms with Gasteiger partial charge in [0.05, 0.1) is 6.42 Å². The highest BCUT2D eigenvalue weighted by molar-refractivity contribution is 5.98. The van der Waals surface area contributed by atoms with E-state index in [4.69, 9.17) is 0 Å². The van der Waals surface area contributed by atoms with Crippen LogP contribution in [0.1, 0.15) is 82.5 Å². The average Bonchev–Trinajstić information content (AvgIpc) is 2.59. The predicted octanol–water partition coefficient (Wildman–Crippen LogP) is 3.96. The zero-order valence-electron chi connectivity index (χ0n) is 19.5. The zero-order chi connectivity index (χ0) is 25.1. The van der Waals surface area contributed by atoms with Crippen LogP contribution in [0.3, 0.4) is 0 Å². The van der Waals surface area contributed by atoms with E-state index >= 15 is 0 Å². The van der Waals surface area contributed by atoms with Crippen molar-refractivity contribution in [3.63, 3.8) is 0 Å². The normalized spacial score (nSPS) is 8.90. The van der Waals surface area contributed by atoms with Crippen LogP contribution in [0.15, 0.2) is 36.4 Å². The molecule has 0 unspecified atom stereocenters. The summed E-state index contributed by atoms with van der Waals surface area (Å²) in [6.45, 7) is 11.7. The maximum Gasteiger partial charge on any atom is 0.159 e. The molecular weight excluding hydrogens is 400 g/mol. The van der Waals surface area contributed by atoms with E-state index in [-0.39, 0.29) is 46.9 Å². The van der Waals surface area contributed by atoms with E-state index in [1.165, 1.54) is 67.5 Å². The maximum absolute atomic E-state index is 10.8. The molecule has 31 heavy (non-hydrogen) atoms. The van der Waals surface area contributed by atoms with Gasteiger partial charge in [0.25, 0.3) is 0 Å². The van der Waals surface area contributed by atoms with E-state index in [0.29, 0.717) is 11.1 Å². The number of benzene rings is 1. The van der Waals surface area contributed by atoms with Crippen molar-refractivity contribution in [1.29, 1.82) is 0 Å². The Labute approximate surface area is 183 Å². The predicted molar refractivity (Wildman–Crippen MR) is 119 cm³/mol. The van der Waals surface area contributed by atoms with Gasteiger partial charge >= 0.3 is 0 Å². The van der Waals surface area contributed by atoms with Gasteiger partial charge in [-0.2, -0.15) is 0 Å². The molecule has 170 valence electrons. The molecule has 0 aliphatic carbocycles. The highest BCUT2D eigenvalue weighted by Gasteiger charge is 2.00. The van der Waals surface area contributed by atoms with Crippen molar-refractivity contribution < 1.29 is 33.6 Å². The summed E-state index contributed by atoms with van der Waals surface area (Å²) in [5.74, 6) is -0.115. The maximum atomic E-state index is 10.8. The fourth-order valence-corrected chi connectivity index (χ4v) is 1.52. The second-order valence-electron chi connectivity index (χ2n) is 6.73. The topological polar surface area (TPSA) is 119 Å². The smallest absolute Gasteiger partial charge is 0.159 e. The molecule has 1 aromatic rings. The number of rotatable bonds is 6. The second kappa shape index (κ2) is 18.7. The number of carbonyl (C=O) groups excluding carboxylic acids is 7. The minimum Gasteiger partial charge on any atom is -0.300 e. The van der Waals surface area contributed by atoms with E-state index in [0.717, 1.165) is 0 Å². The number of hydrogen-bond donors (Lipinski definition) is 0. The molecule has 0 aliphatic heterocycles. The summed E-state index contributed by atoms with van der Waals surface area (Å²) in [6, 6.07) is 6.66. The van der Waals surface area contributed by atoms with Crippen LogP contribution in [0.5, 0.6) is 0 Å². The van der Waals surface area contributed by atoms with E-state index in [2.05, 4.69) is 0 Å². The Kier molecular flexibility index (Phi) is 19.5. The lowest BCUT2D eigenvalue weighted by molar-refractivity contribution is -0.124. The molecule has 0 heterocycles. The Morgan fingerprint density at radius 1 is 0.548 bits per heavy atom. The summed E-state index contributed by atoms with van der Waals surface area (Å²) in [5, 5.41) is 0. The van der Waals surface area contributed by atoms with Gasteiger partial charge in [-0.15, -0.1) is 0 Å². The summed E-state index contributed by atoms with van der Waals surface area (Å²) in [7, 11) is 0. The highest BCUT2D eigenvalue weighted by Crippen LogP contribution is 2.05. The minimum absolute atomic E-state index is 0.0186. The van der Waals surface area contributed by atoms with Crippen molar-refractivity contribution in [1.82, 2.24) is 0 Å². The Bertz CT molecular complexity index is 748. The third-order valence-electron chi connectivity index (χ3n) is 2.75. The molecule has 0 amide bonds. The molecule has 0 fully saturated rings. The van der Waals surface area contributed by atoms with Crippen molar-refractivity contribution in [3.05, 3.63) is 47.5 Å². The summed E-state index contributed by atoms with van der Waals surface area (Å²) < 4.78 is 0. The van der Waals surface area contributed by atoms with Crippen LogP contribution in [0.25, 0.3) is 0 Å². The van der Waals surface area contributed by atoms with Crippen LogP contribution in [0.2, 0.25) is 0 Å². The molecule has 0 N–H and O–H groups in total. The Balaban J connectivity index is -0.000000363. The third kappa shape index (κ3) is 29.0. The average molecular weight is 433 g/mol. The van der Waals surface area contributed by atoms with Crippen LogP contribution >= 0.6 is 0 Å². The fraction of sp³-hybridized carbons (Fsp3) is 0.375. The minimum atomic E-state index is -0.0970. The molecule has 0 saturated carbocycles. The lowest BCUT2D eigenvalue weighted by Gasteiger charge is -1.96. The number of carbonyl (C=O) groups is 7. The number of Topliss-reactive ketones (excluding diaryl/α,β-unsaturated/α-hetero) is 5. The first-order chi connectivity index (χ1) is 14.1. The van der Waals surface area contributed by atoms with Gasteiger partial charge in [0.15, 0.2) is 23.1 Å². The number of ketones is 7. The summed E-state index contributed by atoms with van der Waals surface area (Å²) in [6.07, 6.45) is 2.59. The van der Waals surface area contributed by atoms with Gasteiger partial charge in [0.1, 0.15) is 17.3 Å². The largest absolute Gasteiger partial charge is 0.300 e. The molecule has 0 radical (unpaired) electrons. The van der Waals surface area contributed by atoms with Crippen LogP contribution in [-0.4, -0.2) is 40.5 Å². The number of hydrogen-bond acceptors (Lipinski definition) is 7. The van der Waals surface area contributed by atoms with Crippen molar-refractivity contribution >= 4 is 40.5 Å². The Morgan fingerprint density at radius 2 is 0.774 bits per heavy atom. The Morgan fingerprint density at radius 3 is 0.871 bits per heavy atom. The number of allylic oxidation sites excluding steroid dienone is 2. The van der Waals surface area contributed by atoms with Crippen molar-refractivity contribution in [2.24, 2.45) is 0 Å². The van der Waals surface area contributed by atoms with Gasteiger partial charge in [-0.25, -0.2) is 0 Å². The standard InChI is InChI=1S/C10H10O2.C6H8O2.C5H8O2.C3H6O/c1-7(11)9-3-5-10(6-4-9)8(2)12;1-5(7)3-4-6(2)8;1-4(6)3-5(2)7;1-3(2)4/h3-6H,1-2H3;3-4H,1-2H3;3H2,1-2H3;1-2H3/b;4-3+;;. The first-order valence-electron chi connectivity index (χ1n) is 9.37. The lowest BCUT2D eigenvalue weighted by Crippen LogP contribution is -1.97. The molecule has 1 rings (SSSR count). The molecule has 0 aliphatic rings. The molecule has 0 saturated heterocycles. The monoisotopic (exact) mass is 432 g/mol. The Hall–Kier alpha value is -3.35. The van der Waals surface area contributed by atoms with E-state index in [1.807, 2.05) is 0 Å². The molecule has 0 spiro atoms. The van der Waals surface area contributed by atoms with Crippen molar-refractivity contribution in [2.75, 3.05) is 0 Å². The summed E-state index contributed by atoms with van der Waals surface area (Å²) in [4.78, 5) is 71.4. The van der Waals surface area contributed by atoms with Crippen LogP contribution in [0, 0.1) is 0 Å². The van der Waals surface area contributed by atoms with E-state index in [9.17, 15) is 33.6 Å². The zero-order valence-corrected chi connectivity index (χ0v) is 19.5. The summed E-state index contributed by atoms with van der Waals surface area (Å²) in [5.41, 5.74) is 1.28. The van der Waals surface area contributed by atoms with Gasteiger partial charge in [-0.1, -0.05) is 24.3 Å². The SMILES string of the molecule is CC(=O)/C=C/C(C)=O.CC(=O)CC(C)=O.CC(=O)c1ccc(C(C)=O)cc1.CC(C)=O. The van der Waals surface area contributed by atoms with Gasteiger partial charge < -0.3 is 4.79 Å². The molecule has 0 bridgehead atoms. The van der Waals surface area contributed by atoms with Crippen molar-refractivity contribution in [2.45, 2.75) is 61.8 Å². The van der Waals surface area contributed by atoms with Gasteiger partial charge in [0.2, 0.25) is 0 Å². The molecule has 1 aromatic carbocycles. The van der Waals surface area contributed by atoms with Crippen LogP contribution in [-0.2, 0) is 24.0 Å². The van der Waals surface area contributed by atoms with Gasteiger partial charge in [0, 0.05) is 11.1 Å². The quantitative estimate of drug-likeness (QED) is 0.379. The molecule has 7 heteroatoms. The molecule has 0 aromatic heterocycles. The van der Waals surface area contributed by atoms with Crippen LogP contribution in [0.4, 0.5) is 0 Å². The van der Waals surface area contributed by atoms with Gasteiger partial charge in [-0.3, -0.25) is 28.8 Å². The molecule has 7 nitrogen and oxygen atoms in total. The first-order valence-corrected chi connectivity index (χ1v) is 9.37. The van der Waals surface area contributed by atoms with Crippen molar-refractivity contribution in [3.8, 4) is 0 Å². The molecular formula is C24H32O7. The van der Waals surface area contributed by atoms with E-state index < -0.39 is 0 Å². The van der Waals surface area contributed by atoms with E-state index in [1.54, 1.807) is 24.3 Å².